The van der Waals surface area contributed by atoms with Crippen molar-refractivity contribution in [2.45, 2.75) is 184 Å². The van der Waals surface area contributed by atoms with Gasteiger partial charge in [0.1, 0.15) is 128 Å². The van der Waals surface area contributed by atoms with Gasteiger partial charge in [0, 0.05) is 26.7 Å². The monoisotopic (exact) mass is 968 g/mol. The fourth-order valence-corrected chi connectivity index (χ4v) is 9.69. The lowest BCUT2D eigenvalue weighted by molar-refractivity contribution is -0.441. The Labute approximate surface area is 374 Å². The van der Waals surface area contributed by atoms with E-state index in [0.29, 0.717) is 0 Å². The van der Waals surface area contributed by atoms with Crippen molar-refractivity contribution in [2.75, 3.05) is 33.0 Å². The number of hydrogen-bond donors (Lipinski definition) is 21. The molecule has 21 N–H and O–H groups in total. The molecule has 26 atom stereocenters. The van der Waals surface area contributed by atoms with Crippen molar-refractivity contribution in [3.63, 3.8) is 0 Å². The maximum atomic E-state index is 13.7. The summed E-state index contributed by atoms with van der Waals surface area (Å²) in [6.07, 6.45) is -51.4. The van der Waals surface area contributed by atoms with Crippen molar-refractivity contribution in [1.29, 1.82) is 0 Å². The molecule has 2 amide bonds. The average Bonchev–Trinajstić information content (AvgIpc) is 3.27. The summed E-state index contributed by atoms with van der Waals surface area (Å²) in [6, 6.07) is -3.84. The van der Waals surface area contributed by atoms with Crippen LogP contribution in [0.2, 0.25) is 0 Å². The Bertz CT molecular complexity index is 1620. The molecule has 29 heteroatoms. The Kier molecular flexibility index (Phi) is 17.9. The van der Waals surface area contributed by atoms with E-state index < -0.39 is 215 Å². The summed E-state index contributed by atoms with van der Waals surface area (Å²) in [7, 11) is 0. The van der Waals surface area contributed by atoms with E-state index in [1.165, 1.54) is 0 Å². The molecule has 5 saturated heterocycles. The third-order valence-electron chi connectivity index (χ3n) is 13.1. The fourth-order valence-electron chi connectivity index (χ4n) is 9.69. The predicted molar refractivity (Wildman–Crippen MR) is 205 cm³/mol. The summed E-state index contributed by atoms with van der Waals surface area (Å²) in [5, 5.41) is 217. The highest BCUT2D eigenvalue weighted by atomic mass is 16.7. The molecule has 66 heavy (non-hydrogen) atoms. The van der Waals surface area contributed by atoms with Gasteiger partial charge in [0.15, 0.2) is 17.7 Å². The van der Waals surface area contributed by atoms with E-state index in [4.69, 9.17) is 28.4 Å². The number of aliphatic hydroxyl groups is 19. The van der Waals surface area contributed by atoms with Gasteiger partial charge >= 0.3 is 0 Å². The van der Waals surface area contributed by atoms with Crippen LogP contribution in [0.3, 0.4) is 0 Å². The van der Waals surface area contributed by atoms with Crippen LogP contribution in [0.25, 0.3) is 0 Å². The van der Waals surface area contributed by atoms with Gasteiger partial charge in [-0.1, -0.05) is 0 Å². The quantitative estimate of drug-likeness (QED) is 0.0724. The lowest BCUT2D eigenvalue weighted by Crippen LogP contribution is -2.87. The Hall–Kier alpha value is -2.06. The average molecular weight is 969 g/mol. The maximum Gasteiger partial charge on any atom is 0.217 e. The molecule has 4 unspecified atom stereocenters. The summed E-state index contributed by atoms with van der Waals surface area (Å²) in [5.74, 6) is -5.19. The predicted octanol–water partition coefficient (Wildman–Crippen LogP) is -13.3. The topological polar surface area (TPSA) is 498 Å². The number of ether oxygens (including phenoxy) is 6. The first-order chi connectivity index (χ1) is 30.8. The van der Waals surface area contributed by atoms with Crippen LogP contribution in [-0.2, 0) is 38.0 Å². The highest BCUT2D eigenvalue weighted by Crippen LogP contribution is 2.55. The van der Waals surface area contributed by atoms with Gasteiger partial charge in [-0.3, -0.25) is 9.59 Å². The van der Waals surface area contributed by atoms with Gasteiger partial charge in [-0.05, 0) is 0 Å². The minimum atomic E-state index is -3.84. The molecular weight excluding hydrogens is 904 g/mol. The van der Waals surface area contributed by atoms with E-state index in [1.807, 2.05) is 0 Å². The highest BCUT2D eigenvalue weighted by molar-refractivity contribution is 5.73. The first kappa shape index (κ1) is 54.9. The molecule has 0 aromatic carbocycles. The Balaban J connectivity index is 1.90. The second kappa shape index (κ2) is 21.5. The number of aliphatic hydroxyl groups excluding tert-OH is 17. The second-order valence-corrected chi connectivity index (χ2v) is 17.5. The van der Waals surface area contributed by atoms with Crippen molar-refractivity contribution in [3.05, 3.63) is 0 Å². The third kappa shape index (κ3) is 9.96. The number of hydrogen-bond acceptors (Lipinski definition) is 27. The lowest BCUT2D eigenvalue weighted by atomic mass is 9.60. The van der Waals surface area contributed by atoms with Crippen LogP contribution in [0.4, 0.5) is 0 Å². The Morgan fingerprint density at radius 3 is 1.64 bits per heavy atom. The molecule has 0 aromatic heterocycles. The molecule has 0 spiro atoms. The van der Waals surface area contributed by atoms with E-state index in [0.717, 1.165) is 13.8 Å². The number of rotatable bonds is 15. The fraction of sp³-hybridized carbons (Fsp3) is 0.946. The van der Waals surface area contributed by atoms with Gasteiger partial charge in [0.05, 0.1) is 45.2 Å². The van der Waals surface area contributed by atoms with Crippen LogP contribution >= 0.6 is 0 Å². The number of carbonyl (C=O) groups is 2. The summed E-state index contributed by atoms with van der Waals surface area (Å²) < 4.78 is 36.0. The summed E-state index contributed by atoms with van der Waals surface area (Å²) in [5.41, 5.74) is -7.48. The normalized spacial score (nSPS) is 50.0. The molecule has 0 bridgehead atoms. The largest absolute Gasteiger partial charge is 0.394 e. The van der Waals surface area contributed by atoms with E-state index in [1.54, 1.807) is 0 Å². The second-order valence-electron chi connectivity index (χ2n) is 17.5. The minimum Gasteiger partial charge on any atom is -0.394 e. The SMILES string of the molecule is CC(=O)N[C@H]1[C@H]([C@H](O)[C@H](O)CO)O[C@](O)(C[C@]2(OC3O[C@H](CO)[C@H](O)[C@H](O)[C@H]3NC(C)=O)C(C3O[C@H](CO)[C@H](O)[C@H](O)[C@H]3O)O[C@H](CO)[C@@H](O)[C@@]2(O)C2O[C@H](CO)[C@H](O)[C@H](O)[C@H]2O)C[C@@H]1O. The smallest absolute Gasteiger partial charge is 0.217 e. The summed E-state index contributed by atoms with van der Waals surface area (Å²) in [6.45, 7) is -4.20. The van der Waals surface area contributed by atoms with Crippen molar-refractivity contribution in [3.8, 4) is 0 Å². The zero-order chi connectivity index (χ0) is 49.5. The van der Waals surface area contributed by atoms with E-state index in [2.05, 4.69) is 10.6 Å². The summed E-state index contributed by atoms with van der Waals surface area (Å²) in [4.78, 5) is 25.0. The molecule has 384 valence electrons. The molecule has 29 nitrogen and oxygen atoms in total. The van der Waals surface area contributed by atoms with E-state index >= 15 is 0 Å². The number of amides is 2. The molecule has 0 aromatic rings. The molecule has 0 aliphatic carbocycles. The standard InChI is InChI=1S/C37H64N2O27/c1-10(45)38-18-12(47)3-35(59,65-29(18)20(49)13(48)4-40)9-36(66-34-19(39-11(2)46)24(53)21(50)16(7-43)64-34)33(30-27(56)25(54)22(51)14(5-41)61-30)63-17(8-44)31(58)37(36,60)32-28(57)26(55)23(52)15(6-42)62-32/h12-34,40-44,47-60H,3-9H2,1-2H3,(H,38,45)(H,39,46)/t12-,13+,14+,15+,16+,17+,18+,19+,20+,21-,22-,23-,24+,25-,26-,27+,28+,29+,30?,31+,32?,33?,34?,35-,36-,37+/m0/s1. The molecule has 5 aliphatic heterocycles. The van der Waals surface area contributed by atoms with Gasteiger partial charge in [0.25, 0.3) is 0 Å². The zero-order valence-electron chi connectivity index (χ0n) is 35.5. The molecule has 0 radical (unpaired) electrons. The molecule has 0 saturated carbocycles. The molecule has 5 rings (SSSR count). The molecule has 5 fully saturated rings. The van der Waals surface area contributed by atoms with Gasteiger partial charge in [-0.15, -0.1) is 0 Å². The van der Waals surface area contributed by atoms with Gasteiger partial charge in [-0.25, -0.2) is 0 Å². The van der Waals surface area contributed by atoms with E-state index in [9.17, 15) is 107 Å². The first-order valence-corrected chi connectivity index (χ1v) is 21.0. The van der Waals surface area contributed by atoms with Crippen LogP contribution in [0.1, 0.15) is 26.7 Å². The maximum absolute atomic E-state index is 13.7. The summed E-state index contributed by atoms with van der Waals surface area (Å²) >= 11 is 0. The van der Waals surface area contributed by atoms with E-state index in [-0.39, 0.29) is 0 Å². The lowest BCUT2D eigenvalue weighted by Gasteiger charge is -2.65. The van der Waals surface area contributed by atoms with Crippen molar-refractivity contribution in [1.82, 2.24) is 10.6 Å². The molecule has 5 aliphatic rings. The number of nitrogens with one attached hydrogen (secondary N) is 2. The van der Waals surface area contributed by atoms with Crippen molar-refractivity contribution >= 4 is 11.8 Å². The minimum absolute atomic E-state index is 0.875. The van der Waals surface area contributed by atoms with Crippen molar-refractivity contribution in [2.24, 2.45) is 0 Å². The van der Waals surface area contributed by atoms with Gasteiger partial charge in [-0.2, -0.15) is 0 Å². The highest BCUT2D eigenvalue weighted by Gasteiger charge is 2.77. The van der Waals surface area contributed by atoms with Gasteiger partial charge < -0.3 is 136 Å². The van der Waals surface area contributed by atoms with Crippen LogP contribution in [0, 0.1) is 0 Å². The number of carbonyl (C=O) groups excluding carboxylic acids is 2. The van der Waals surface area contributed by atoms with Crippen LogP contribution in [0.5, 0.6) is 0 Å². The van der Waals surface area contributed by atoms with Crippen LogP contribution < -0.4 is 10.6 Å². The first-order valence-electron chi connectivity index (χ1n) is 21.0. The van der Waals surface area contributed by atoms with Crippen molar-refractivity contribution < 1.29 is 135 Å². The molecular formula is C37H64N2O27. The van der Waals surface area contributed by atoms with Crippen LogP contribution in [0.15, 0.2) is 0 Å². The third-order valence-corrected chi connectivity index (χ3v) is 13.1. The van der Waals surface area contributed by atoms with Crippen LogP contribution in [-0.4, -0.2) is 299 Å². The van der Waals surface area contributed by atoms with Gasteiger partial charge in [0.2, 0.25) is 11.8 Å². The molecule has 5 heterocycles. The Morgan fingerprint density at radius 2 is 1.11 bits per heavy atom. The zero-order valence-corrected chi connectivity index (χ0v) is 35.5. The Morgan fingerprint density at radius 1 is 0.621 bits per heavy atom.